The highest BCUT2D eigenvalue weighted by atomic mass is 32.1. The van der Waals surface area contributed by atoms with Gasteiger partial charge in [0.2, 0.25) is 0 Å². The number of nitrogens with two attached hydrogens (primary N) is 1. The lowest BCUT2D eigenvalue weighted by molar-refractivity contribution is 0.495. The van der Waals surface area contributed by atoms with Gasteiger partial charge in [0.1, 0.15) is 4.99 Å². The Morgan fingerprint density at radius 3 is 2.40 bits per heavy atom. The molecule has 0 saturated heterocycles. The molecule has 3 heteroatoms. The van der Waals surface area contributed by atoms with E-state index < -0.39 is 0 Å². The van der Waals surface area contributed by atoms with Gasteiger partial charge in [0.15, 0.2) is 0 Å². The Morgan fingerprint density at radius 1 is 1.15 bits per heavy atom. The van der Waals surface area contributed by atoms with Crippen molar-refractivity contribution < 1.29 is 0 Å². The highest BCUT2D eigenvalue weighted by Gasteiger charge is 2.37. The SMILES string of the molecule is CC(C)(Nc1ccc(C(N)=S)c2ccccc12)C1CC1. The molecule has 0 bridgehead atoms. The monoisotopic (exact) mass is 284 g/mol. The summed E-state index contributed by atoms with van der Waals surface area (Å²) in [5, 5.41) is 6.01. The number of rotatable bonds is 4. The second kappa shape index (κ2) is 4.74. The van der Waals surface area contributed by atoms with E-state index in [0.29, 0.717) is 4.99 Å². The van der Waals surface area contributed by atoms with Crippen molar-refractivity contribution in [2.75, 3.05) is 5.32 Å². The fourth-order valence-electron chi connectivity index (χ4n) is 2.88. The Bertz CT molecular complexity index is 672. The maximum Gasteiger partial charge on any atom is 0.104 e. The van der Waals surface area contributed by atoms with Crippen LogP contribution in [0.15, 0.2) is 36.4 Å². The van der Waals surface area contributed by atoms with Gasteiger partial charge in [-0.3, -0.25) is 0 Å². The molecule has 0 aromatic heterocycles. The van der Waals surface area contributed by atoms with Gasteiger partial charge in [0.05, 0.1) is 0 Å². The van der Waals surface area contributed by atoms with Crippen LogP contribution in [0.1, 0.15) is 32.3 Å². The molecule has 1 aliphatic rings. The fourth-order valence-corrected chi connectivity index (χ4v) is 3.06. The number of thiocarbonyl (C=S) groups is 1. The molecule has 1 fully saturated rings. The molecule has 0 amide bonds. The number of hydrogen-bond acceptors (Lipinski definition) is 2. The average Bonchev–Trinajstić information content (AvgIpc) is 3.23. The Labute approximate surface area is 125 Å². The molecule has 2 aromatic rings. The third-order valence-electron chi connectivity index (χ3n) is 4.24. The topological polar surface area (TPSA) is 38.0 Å². The molecule has 0 heterocycles. The van der Waals surface area contributed by atoms with Gasteiger partial charge in [-0.1, -0.05) is 36.5 Å². The van der Waals surface area contributed by atoms with Crippen molar-refractivity contribution in [2.24, 2.45) is 11.7 Å². The number of benzene rings is 2. The molecule has 2 aromatic carbocycles. The lowest BCUT2D eigenvalue weighted by Crippen LogP contribution is -2.33. The summed E-state index contributed by atoms with van der Waals surface area (Å²) in [6.07, 6.45) is 2.64. The van der Waals surface area contributed by atoms with Gasteiger partial charge in [0.25, 0.3) is 0 Å². The Hall–Kier alpha value is -1.61. The summed E-state index contributed by atoms with van der Waals surface area (Å²) < 4.78 is 0. The number of fused-ring (bicyclic) bond motifs is 1. The van der Waals surface area contributed by atoms with Crippen LogP contribution in [0.3, 0.4) is 0 Å². The maximum atomic E-state index is 5.83. The standard InChI is InChI=1S/C17H20N2S/c1-17(2,11-7-8-11)19-15-10-9-14(16(18)20)12-5-3-4-6-13(12)15/h3-6,9-11,19H,7-8H2,1-2H3,(H2,18,20). The average molecular weight is 284 g/mol. The van der Waals surface area contributed by atoms with E-state index in [1.54, 1.807) is 0 Å². The van der Waals surface area contributed by atoms with E-state index in [1.807, 2.05) is 12.1 Å². The summed E-state index contributed by atoms with van der Waals surface area (Å²) in [5.41, 5.74) is 8.07. The first-order valence-corrected chi connectivity index (χ1v) is 7.49. The molecule has 0 radical (unpaired) electrons. The summed E-state index contributed by atoms with van der Waals surface area (Å²) in [6, 6.07) is 12.4. The van der Waals surface area contributed by atoms with Crippen molar-refractivity contribution in [1.82, 2.24) is 0 Å². The molecule has 3 N–H and O–H groups in total. The van der Waals surface area contributed by atoms with Crippen LogP contribution in [0.5, 0.6) is 0 Å². The van der Waals surface area contributed by atoms with Crippen LogP contribution in [-0.4, -0.2) is 10.5 Å². The summed E-state index contributed by atoms with van der Waals surface area (Å²) in [7, 11) is 0. The van der Waals surface area contributed by atoms with Gasteiger partial charge in [-0.05, 0) is 50.1 Å². The van der Waals surface area contributed by atoms with Gasteiger partial charge in [-0.15, -0.1) is 0 Å². The molecule has 0 atom stereocenters. The van der Waals surface area contributed by atoms with E-state index in [-0.39, 0.29) is 5.54 Å². The molecule has 3 rings (SSSR count). The van der Waals surface area contributed by atoms with Crippen LogP contribution in [0.25, 0.3) is 10.8 Å². The second-order valence-corrected chi connectivity index (χ2v) is 6.63. The second-order valence-electron chi connectivity index (χ2n) is 6.19. The Kier molecular flexibility index (Phi) is 3.17. The number of nitrogens with one attached hydrogen (secondary N) is 1. The summed E-state index contributed by atoms with van der Waals surface area (Å²) in [4.78, 5) is 0.453. The van der Waals surface area contributed by atoms with E-state index in [2.05, 4.69) is 43.4 Å². The lowest BCUT2D eigenvalue weighted by Gasteiger charge is -2.28. The summed E-state index contributed by atoms with van der Waals surface area (Å²) in [5.74, 6) is 0.775. The van der Waals surface area contributed by atoms with E-state index in [0.717, 1.165) is 22.6 Å². The number of hydrogen-bond donors (Lipinski definition) is 2. The van der Waals surface area contributed by atoms with Gasteiger partial charge in [-0.2, -0.15) is 0 Å². The highest BCUT2D eigenvalue weighted by molar-refractivity contribution is 7.80. The predicted molar refractivity (Wildman–Crippen MR) is 90.3 cm³/mol. The van der Waals surface area contributed by atoms with Gasteiger partial charge in [-0.25, -0.2) is 0 Å². The largest absolute Gasteiger partial charge is 0.389 e. The van der Waals surface area contributed by atoms with Gasteiger partial charge in [0, 0.05) is 22.2 Å². The zero-order valence-corrected chi connectivity index (χ0v) is 12.8. The summed E-state index contributed by atoms with van der Waals surface area (Å²) in [6.45, 7) is 4.56. The normalized spacial score (nSPS) is 15.3. The highest BCUT2D eigenvalue weighted by Crippen LogP contribution is 2.42. The van der Waals surface area contributed by atoms with Crippen LogP contribution in [0, 0.1) is 5.92 Å². The minimum absolute atomic E-state index is 0.132. The molecular formula is C17H20N2S. The van der Waals surface area contributed by atoms with Crippen molar-refractivity contribution in [3.05, 3.63) is 42.0 Å². The van der Waals surface area contributed by atoms with Crippen LogP contribution in [-0.2, 0) is 0 Å². The molecule has 2 nitrogen and oxygen atoms in total. The molecule has 1 aliphatic carbocycles. The molecule has 0 aliphatic heterocycles. The molecule has 20 heavy (non-hydrogen) atoms. The first-order valence-electron chi connectivity index (χ1n) is 7.09. The Balaban J connectivity index is 2.08. The zero-order valence-electron chi connectivity index (χ0n) is 11.9. The number of anilines is 1. The van der Waals surface area contributed by atoms with Crippen molar-refractivity contribution in [3.8, 4) is 0 Å². The van der Waals surface area contributed by atoms with E-state index in [1.165, 1.54) is 18.2 Å². The van der Waals surface area contributed by atoms with Crippen LogP contribution >= 0.6 is 12.2 Å². The van der Waals surface area contributed by atoms with Crippen LogP contribution in [0.2, 0.25) is 0 Å². The third kappa shape index (κ3) is 2.38. The minimum atomic E-state index is 0.132. The van der Waals surface area contributed by atoms with Gasteiger partial charge < -0.3 is 11.1 Å². The molecule has 0 unspecified atom stereocenters. The van der Waals surface area contributed by atoms with Gasteiger partial charge >= 0.3 is 0 Å². The molecule has 1 saturated carbocycles. The predicted octanol–water partition coefficient (Wildman–Crippen LogP) is 4.07. The first-order chi connectivity index (χ1) is 9.49. The van der Waals surface area contributed by atoms with Crippen molar-refractivity contribution in [3.63, 3.8) is 0 Å². The minimum Gasteiger partial charge on any atom is -0.389 e. The van der Waals surface area contributed by atoms with E-state index in [9.17, 15) is 0 Å². The molecular weight excluding hydrogens is 264 g/mol. The van der Waals surface area contributed by atoms with Crippen LogP contribution < -0.4 is 11.1 Å². The first kappa shape index (κ1) is 13.4. The molecule has 104 valence electrons. The zero-order chi connectivity index (χ0) is 14.3. The van der Waals surface area contributed by atoms with Crippen molar-refractivity contribution >= 4 is 33.7 Å². The van der Waals surface area contributed by atoms with E-state index in [4.69, 9.17) is 18.0 Å². The quantitative estimate of drug-likeness (QED) is 0.831. The van der Waals surface area contributed by atoms with Crippen molar-refractivity contribution in [1.29, 1.82) is 0 Å². The Morgan fingerprint density at radius 2 is 1.80 bits per heavy atom. The fraction of sp³-hybridized carbons (Fsp3) is 0.353. The maximum absolute atomic E-state index is 5.83. The van der Waals surface area contributed by atoms with Crippen LogP contribution in [0.4, 0.5) is 5.69 Å². The summed E-state index contributed by atoms with van der Waals surface area (Å²) >= 11 is 5.15. The lowest BCUT2D eigenvalue weighted by atomic mass is 9.96. The van der Waals surface area contributed by atoms with E-state index >= 15 is 0 Å². The smallest absolute Gasteiger partial charge is 0.104 e. The third-order valence-corrected chi connectivity index (χ3v) is 4.46. The van der Waals surface area contributed by atoms with Crippen molar-refractivity contribution in [2.45, 2.75) is 32.2 Å². The molecule has 0 spiro atoms.